The largest absolute Gasteiger partial charge is 0.324 e. The molecule has 1 aliphatic heterocycles. The molecule has 1 atom stereocenters. The Kier molecular flexibility index (Phi) is 3.03. The molecular formula is C12H19N3. The lowest BCUT2D eigenvalue weighted by molar-refractivity contribution is 0.152. The van der Waals surface area contributed by atoms with Gasteiger partial charge in [-0.1, -0.05) is 6.07 Å². The zero-order valence-electron chi connectivity index (χ0n) is 9.32. The van der Waals surface area contributed by atoms with Crippen molar-refractivity contribution in [3.05, 3.63) is 30.1 Å². The Morgan fingerprint density at radius 2 is 2.40 bits per heavy atom. The van der Waals surface area contributed by atoms with Crippen molar-refractivity contribution < 1.29 is 0 Å². The Morgan fingerprint density at radius 1 is 1.53 bits per heavy atom. The van der Waals surface area contributed by atoms with Gasteiger partial charge in [-0.15, -0.1) is 0 Å². The Hall–Kier alpha value is -0.930. The Balaban J connectivity index is 1.95. The lowest BCUT2D eigenvalue weighted by Gasteiger charge is -2.37. The van der Waals surface area contributed by atoms with Gasteiger partial charge in [-0.25, -0.2) is 0 Å². The summed E-state index contributed by atoms with van der Waals surface area (Å²) in [5.41, 5.74) is 7.27. The SMILES string of the molecule is CC1(N)CCCN(Cc2ccccn2)C1. The molecular weight excluding hydrogens is 186 g/mol. The van der Waals surface area contributed by atoms with Crippen LogP contribution < -0.4 is 5.73 Å². The van der Waals surface area contributed by atoms with Gasteiger partial charge in [0.1, 0.15) is 0 Å². The Morgan fingerprint density at radius 3 is 3.07 bits per heavy atom. The molecule has 3 nitrogen and oxygen atoms in total. The van der Waals surface area contributed by atoms with Crippen molar-refractivity contribution in [2.75, 3.05) is 13.1 Å². The van der Waals surface area contributed by atoms with E-state index in [1.165, 1.54) is 6.42 Å². The summed E-state index contributed by atoms with van der Waals surface area (Å²) in [4.78, 5) is 6.73. The summed E-state index contributed by atoms with van der Waals surface area (Å²) in [6.45, 7) is 5.18. The van der Waals surface area contributed by atoms with Gasteiger partial charge >= 0.3 is 0 Å². The molecule has 2 heterocycles. The van der Waals surface area contributed by atoms with E-state index in [-0.39, 0.29) is 5.54 Å². The van der Waals surface area contributed by atoms with E-state index >= 15 is 0 Å². The second-order valence-electron chi connectivity index (χ2n) is 4.79. The molecule has 2 rings (SSSR count). The van der Waals surface area contributed by atoms with E-state index in [1.807, 2.05) is 18.3 Å². The fourth-order valence-electron chi connectivity index (χ4n) is 2.23. The third kappa shape index (κ3) is 3.01. The minimum atomic E-state index is -0.0208. The van der Waals surface area contributed by atoms with E-state index in [1.54, 1.807) is 0 Å². The summed E-state index contributed by atoms with van der Waals surface area (Å²) in [6, 6.07) is 6.06. The predicted molar refractivity (Wildman–Crippen MR) is 61.3 cm³/mol. The molecule has 1 aromatic heterocycles. The Bertz CT molecular complexity index is 308. The van der Waals surface area contributed by atoms with Crippen LogP contribution in [0, 0.1) is 0 Å². The maximum Gasteiger partial charge on any atom is 0.0543 e. The number of likely N-dealkylation sites (tertiary alicyclic amines) is 1. The molecule has 1 aromatic rings. The quantitative estimate of drug-likeness (QED) is 0.793. The zero-order valence-corrected chi connectivity index (χ0v) is 9.32. The summed E-state index contributed by atoms with van der Waals surface area (Å²) >= 11 is 0. The predicted octanol–water partition coefficient (Wildman–Crippen LogP) is 1.39. The van der Waals surface area contributed by atoms with E-state index in [0.29, 0.717) is 0 Å². The first-order chi connectivity index (χ1) is 7.16. The third-order valence-electron chi connectivity index (χ3n) is 2.92. The molecule has 0 amide bonds. The first-order valence-corrected chi connectivity index (χ1v) is 5.57. The van der Waals surface area contributed by atoms with Gasteiger partial charge in [-0.3, -0.25) is 9.88 Å². The lowest BCUT2D eigenvalue weighted by atomic mass is 9.92. The van der Waals surface area contributed by atoms with Gasteiger partial charge in [-0.05, 0) is 38.4 Å². The molecule has 1 saturated heterocycles. The summed E-state index contributed by atoms with van der Waals surface area (Å²) in [6.07, 6.45) is 4.17. The number of rotatable bonds is 2. The third-order valence-corrected chi connectivity index (χ3v) is 2.92. The van der Waals surface area contributed by atoms with Crippen molar-refractivity contribution in [3.8, 4) is 0 Å². The molecule has 1 unspecified atom stereocenters. The highest BCUT2D eigenvalue weighted by atomic mass is 15.2. The molecule has 0 bridgehead atoms. The number of aromatic nitrogens is 1. The van der Waals surface area contributed by atoms with Gasteiger partial charge in [0.05, 0.1) is 5.69 Å². The lowest BCUT2D eigenvalue weighted by Crippen LogP contribution is -2.51. The number of pyridine rings is 1. The fraction of sp³-hybridized carbons (Fsp3) is 0.583. The molecule has 1 fully saturated rings. The molecule has 0 spiro atoms. The second kappa shape index (κ2) is 4.29. The average Bonchev–Trinajstić information content (AvgIpc) is 2.17. The topological polar surface area (TPSA) is 42.1 Å². The highest BCUT2D eigenvalue weighted by Gasteiger charge is 2.26. The minimum absolute atomic E-state index is 0.0208. The second-order valence-corrected chi connectivity index (χ2v) is 4.79. The van der Waals surface area contributed by atoms with Crippen LogP contribution in [0.4, 0.5) is 0 Å². The monoisotopic (exact) mass is 205 g/mol. The van der Waals surface area contributed by atoms with Crippen LogP contribution in [0.15, 0.2) is 24.4 Å². The summed E-state index contributed by atoms with van der Waals surface area (Å²) in [5, 5.41) is 0. The smallest absolute Gasteiger partial charge is 0.0543 e. The average molecular weight is 205 g/mol. The standard InChI is InChI=1S/C12H19N3/c1-12(13)6-4-8-15(10-12)9-11-5-2-3-7-14-11/h2-3,5,7H,4,6,8-10,13H2,1H3. The normalized spacial score (nSPS) is 27.9. The van der Waals surface area contributed by atoms with Crippen LogP contribution in [0.3, 0.4) is 0 Å². The number of hydrogen-bond acceptors (Lipinski definition) is 3. The highest BCUT2D eigenvalue weighted by molar-refractivity contribution is 5.04. The van der Waals surface area contributed by atoms with Crippen LogP contribution in [0.25, 0.3) is 0 Å². The van der Waals surface area contributed by atoms with Crippen molar-refractivity contribution in [2.45, 2.75) is 31.8 Å². The van der Waals surface area contributed by atoms with Crippen LogP contribution in [0.5, 0.6) is 0 Å². The number of hydrogen-bond donors (Lipinski definition) is 1. The summed E-state index contributed by atoms with van der Waals surface area (Å²) in [5.74, 6) is 0. The molecule has 1 aliphatic rings. The van der Waals surface area contributed by atoms with Crippen LogP contribution in [-0.4, -0.2) is 28.5 Å². The molecule has 0 aromatic carbocycles. The molecule has 0 saturated carbocycles. The maximum absolute atomic E-state index is 6.16. The van der Waals surface area contributed by atoms with Crippen molar-refractivity contribution in [1.82, 2.24) is 9.88 Å². The van der Waals surface area contributed by atoms with E-state index in [9.17, 15) is 0 Å². The molecule has 82 valence electrons. The number of nitrogens with zero attached hydrogens (tertiary/aromatic N) is 2. The van der Waals surface area contributed by atoms with Gasteiger partial charge in [-0.2, -0.15) is 0 Å². The van der Waals surface area contributed by atoms with E-state index in [0.717, 1.165) is 31.7 Å². The number of nitrogens with two attached hydrogens (primary N) is 1. The molecule has 3 heteroatoms. The molecule has 15 heavy (non-hydrogen) atoms. The Labute approximate surface area is 91.3 Å². The highest BCUT2D eigenvalue weighted by Crippen LogP contribution is 2.19. The van der Waals surface area contributed by atoms with Crippen LogP contribution in [0.1, 0.15) is 25.5 Å². The van der Waals surface area contributed by atoms with Crippen molar-refractivity contribution in [1.29, 1.82) is 0 Å². The van der Waals surface area contributed by atoms with Crippen LogP contribution in [0.2, 0.25) is 0 Å². The van der Waals surface area contributed by atoms with Gasteiger partial charge in [0.2, 0.25) is 0 Å². The first kappa shape index (κ1) is 10.6. The van der Waals surface area contributed by atoms with E-state index in [2.05, 4.69) is 22.9 Å². The van der Waals surface area contributed by atoms with Crippen molar-refractivity contribution in [3.63, 3.8) is 0 Å². The van der Waals surface area contributed by atoms with Crippen molar-refractivity contribution >= 4 is 0 Å². The van der Waals surface area contributed by atoms with Gasteiger partial charge in [0, 0.05) is 24.8 Å². The molecule has 0 aliphatic carbocycles. The zero-order chi connectivity index (χ0) is 10.7. The first-order valence-electron chi connectivity index (χ1n) is 5.57. The molecule has 0 radical (unpaired) electrons. The summed E-state index contributed by atoms with van der Waals surface area (Å²) in [7, 11) is 0. The van der Waals surface area contributed by atoms with Crippen molar-refractivity contribution in [2.24, 2.45) is 5.73 Å². The van der Waals surface area contributed by atoms with Crippen LogP contribution >= 0.6 is 0 Å². The minimum Gasteiger partial charge on any atom is -0.324 e. The van der Waals surface area contributed by atoms with Gasteiger partial charge < -0.3 is 5.73 Å². The van der Waals surface area contributed by atoms with Gasteiger partial charge in [0.15, 0.2) is 0 Å². The van der Waals surface area contributed by atoms with Gasteiger partial charge in [0.25, 0.3) is 0 Å². The fourth-order valence-corrected chi connectivity index (χ4v) is 2.23. The van der Waals surface area contributed by atoms with E-state index < -0.39 is 0 Å². The molecule has 2 N–H and O–H groups in total. The summed E-state index contributed by atoms with van der Waals surface area (Å²) < 4.78 is 0. The van der Waals surface area contributed by atoms with Crippen LogP contribution in [-0.2, 0) is 6.54 Å². The number of piperidine rings is 1. The maximum atomic E-state index is 6.16. The van der Waals surface area contributed by atoms with E-state index in [4.69, 9.17) is 5.73 Å².